The predicted octanol–water partition coefficient (Wildman–Crippen LogP) is 2.77. The average molecular weight is 293 g/mol. The van der Waals surface area contributed by atoms with E-state index in [2.05, 4.69) is 32.5 Å². The molecule has 1 unspecified atom stereocenters. The number of thiazole rings is 1. The molecule has 108 valence electrons. The number of hydrogen-bond acceptors (Lipinski definition) is 7. The molecule has 0 spiro atoms. The molecule has 0 amide bonds. The van der Waals surface area contributed by atoms with Crippen LogP contribution in [0.3, 0.4) is 0 Å². The number of aryl methyl sites for hydroxylation is 2. The SMILES string of the molecule is CNc1ncnc(NC(C)c2sc(C)nc2C)c1OC. The largest absolute Gasteiger partial charge is 0.490 e. The van der Waals surface area contributed by atoms with Crippen molar-refractivity contribution in [3.63, 3.8) is 0 Å². The van der Waals surface area contributed by atoms with Crippen LogP contribution in [0, 0.1) is 13.8 Å². The highest BCUT2D eigenvalue weighted by atomic mass is 32.1. The Morgan fingerprint density at radius 2 is 1.95 bits per heavy atom. The smallest absolute Gasteiger partial charge is 0.204 e. The first-order valence-electron chi connectivity index (χ1n) is 6.34. The number of methoxy groups -OCH3 is 1. The van der Waals surface area contributed by atoms with Crippen LogP contribution in [-0.4, -0.2) is 29.1 Å². The molecule has 2 rings (SSSR count). The third kappa shape index (κ3) is 2.82. The van der Waals surface area contributed by atoms with Gasteiger partial charge in [0.25, 0.3) is 0 Å². The lowest BCUT2D eigenvalue weighted by molar-refractivity contribution is 0.414. The third-order valence-electron chi connectivity index (χ3n) is 2.93. The molecule has 2 aromatic rings. The molecule has 7 heteroatoms. The van der Waals surface area contributed by atoms with Crippen molar-refractivity contribution in [3.05, 3.63) is 21.9 Å². The lowest BCUT2D eigenvalue weighted by atomic mass is 10.2. The highest BCUT2D eigenvalue weighted by molar-refractivity contribution is 7.11. The Labute approximate surface area is 122 Å². The van der Waals surface area contributed by atoms with Crippen LogP contribution < -0.4 is 15.4 Å². The van der Waals surface area contributed by atoms with E-state index < -0.39 is 0 Å². The molecular formula is C13H19N5OS. The van der Waals surface area contributed by atoms with Crippen molar-refractivity contribution in [1.29, 1.82) is 0 Å². The second kappa shape index (κ2) is 6.04. The summed E-state index contributed by atoms with van der Waals surface area (Å²) in [7, 11) is 3.41. The van der Waals surface area contributed by atoms with Crippen molar-refractivity contribution < 1.29 is 4.74 Å². The predicted molar refractivity (Wildman–Crippen MR) is 81.8 cm³/mol. The lowest BCUT2D eigenvalue weighted by Gasteiger charge is -2.17. The Kier molecular flexibility index (Phi) is 4.39. The summed E-state index contributed by atoms with van der Waals surface area (Å²) >= 11 is 1.69. The van der Waals surface area contributed by atoms with E-state index in [1.54, 1.807) is 25.5 Å². The van der Waals surface area contributed by atoms with Crippen LogP contribution in [-0.2, 0) is 0 Å². The summed E-state index contributed by atoms with van der Waals surface area (Å²) in [5.41, 5.74) is 1.05. The Morgan fingerprint density at radius 1 is 1.25 bits per heavy atom. The maximum atomic E-state index is 5.38. The van der Waals surface area contributed by atoms with Gasteiger partial charge in [0.2, 0.25) is 5.75 Å². The fourth-order valence-corrected chi connectivity index (χ4v) is 3.00. The van der Waals surface area contributed by atoms with Gasteiger partial charge in [-0.2, -0.15) is 0 Å². The van der Waals surface area contributed by atoms with Crippen LogP contribution in [0.5, 0.6) is 5.75 Å². The number of nitrogens with zero attached hydrogens (tertiary/aromatic N) is 3. The van der Waals surface area contributed by atoms with Crippen LogP contribution in [0.25, 0.3) is 0 Å². The summed E-state index contributed by atoms with van der Waals surface area (Å²) in [6, 6.07) is 0.106. The zero-order chi connectivity index (χ0) is 14.7. The van der Waals surface area contributed by atoms with E-state index in [0.29, 0.717) is 17.4 Å². The summed E-state index contributed by atoms with van der Waals surface area (Å²) in [5, 5.41) is 7.42. The second-order valence-electron chi connectivity index (χ2n) is 4.40. The maximum absolute atomic E-state index is 5.38. The van der Waals surface area contributed by atoms with Gasteiger partial charge in [0.15, 0.2) is 11.6 Å². The molecule has 0 fully saturated rings. The number of rotatable bonds is 5. The highest BCUT2D eigenvalue weighted by Crippen LogP contribution is 2.33. The van der Waals surface area contributed by atoms with E-state index in [1.165, 1.54) is 11.2 Å². The normalized spacial score (nSPS) is 12.1. The van der Waals surface area contributed by atoms with Gasteiger partial charge < -0.3 is 15.4 Å². The minimum atomic E-state index is 0.106. The Morgan fingerprint density at radius 3 is 2.50 bits per heavy atom. The van der Waals surface area contributed by atoms with E-state index in [9.17, 15) is 0 Å². The summed E-state index contributed by atoms with van der Waals surface area (Å²) in [5.74, 6) is 1.94. The molecular weight excluding hydrogens is 274 g/mol. The molecule has 2 aromatic heterocycles. The molecule has 0 saturated carbocycles. The minimum absolute atomic E-state index is 0.106. The van der Waals surface area contributed by atoms with E-state index in [1.807, 2.05) is 13.8 Å². The number of aromatic nitrogens is 3. The second-order valence-corrected chi connectivity index (χ2v) is 5.64. The lowest BCUT2D eigenvalue weighted by Crippen LogP contribution is -2.10. The molecule has 0 radical (unpaired) electrons. The van der Waals surface area contributed by atoms with Crippen molar-refractivity contribution in [2.75, 3.05) is 24.8 Å². The van der Waals surface area contributed by atoms with E-state index in [-0.39, 0.29) is 6.04 Å². The topological polar surface area (TPSA) is 72.0 Å². The van der Waals surface area contributed by atoms with E-state index >= 15 is 0 Å². The molecule has 0 saturated heterocycles. The first-order chi connectivity index (χ1) is 9.56. The summed E-state index contributed by atoms with van der Waals surface area (Å²) in [6.45, 7) is 6.12. The molecule has 2 N–H and O–H groups in total. The van der Waals surface area contributed by atoms with Gasteiger partial charge in [0.1, 0.15) is 6.33 Å². The third-order valence-corrected chi connectivity index (χ3v) is 4.19. The van der Waals surface area contributed by atoms with Gasteiger partial charge in [-0.1, -0.05) is 0 Å². The fourth-order valence-electron chi connectivity index (χ4n) is 2.07. The molecule has 6 nitrogen and oxygen atoms in total. The van der Waals surface area contributed by atoms with Gasteiger partial charge in [-0.3, -0.25) is 0 Å². The summed E-state index contributed by atoms with van der Waals surface area (Å²) < 4.78 is 5.38. The van der Waals surface area contributed by atoms with Crippen LogP contribution >= 0.6 is 11.3 Å². The van der Waals surface area contributed by atoms with Crippen molar-refractivity contribution in [2.24, 2.45) is 0 Å². The monoisotopic (exact) mass is 293 g/mol. The first-order valence-corrected chi connectivity index (χ1v) is 7.15. The Balaban J connectivity index is 2.28. The standard InChI is InChI=1S/C13H19N5OS/c1-7-11(20-9(3)17-7)8(2)18-13-10(19-5)12(14-4)15-6-16-13/h6,8H,1-5H3,(H2,14,15,16,18). The van der Waals surface area contributed by atoms with Crippen molar-refractivity contribution in [1.82, 2.24) is 15.0 Å². The Bertz CT molecular complexity index is 598. The number of hydrogen-bond donors (Lipinski definition) is 2. The highest BCUT2D eigenvalue weighted by Gasteiger charge is 2.17. The molecule has 0 aliphatic carbocycles. The number of nitrogens with one attached hydrogen (secondary N) is 2. The van der Waals surface area contributed by atoms with Crippen molar-refractivity contribution >= 4 is 23.0 Å². The van der Waals surface area contributed by atoms with Crippen LogP contribution in [0.1, 0.15) is 28.5 Å². The van der Waals surface area contributed by atoms with Crippen LogP contribution in [0.4, 0.5) is 11.6 Å². The summed E-state index contributed by atoms with van der Waals surface area (Å²) in [4.78, 5) is 14.0. The quantitative estimate of drug-likeness (QED) is 0.883. The fraction of sp³-hybridized carbons (Fsp3) is 0.462. The van der Waals surface area contributed by atoms with E-state index in [4.69, 9.17) is 4.74 Å². The molecule has 2 heterocycles. The van der Waals surface area contributed by atoms with Crippen molar-refractivity contribution in [3.8, 4) is 5.75 Å². The maximum Gasteiger partial charge on any atom is 0.204 e. The van der Waals surface area contributed by atoms with Crippen LogP contribution in [0.15, 0.2) is 6.33 Å². The van der Waals surface area contributed by atoms with Crippen LogP contribution in [0.2, 0.25) is 0 Å². The molecule has 0 aliphatic heterocycles. The zero-order valence-corrected chi connectivity index (χ0v) is 13.1. The number of anilines is 2. The van der Waals surface area contributed by atoms with Gasteiger partial charge in [-0.25, -0.2) is 15.0 Å². The van der Waals surface area contributed by atoms with Gasteiger partial charge in [0.05, 0.1) is 23.9 Å². The van der Waals surface area contributed by atoms with Gasteiger partial charge in [-0.15, -0.1) is 11.3 Å². The molecule has 1 atom stereocenters. The van der Waals surface area contributed by atoms with Gasteiger partial charge >= 0.3 is 0 Å². The molecule has 20 heavy (non-hydrogen) atoms. The average Bonchev–Trinajstić information content (AvgIpc) is 2.77. The first kappa shape index (κ1) is 14.5. The minimum Gasteiger partial charge on any atom is -0.490 e. The zero-order valence-electron chi connectivity index (χ0n) is 12.3. The van der Waals surface area contributed by atoms with E-state index in [0.717, 1.165) is 10.7 Å². The Hall–Kier alpha value is -1.89. The molecule has 0 bridgehead atoms. The van der Waals surface area contributed by atoms with Crippen molar-refractivity contribution in [2.45, 2.75) is 26.8 Å². The molecule has 0 aromatic carbocycles. The van der Waals surface area contributed by atoms with Gasteiger partial charge in [-0.05, 0) is 20.8 Å². The number of ether oxygens (including phenoxy) is 1. The van der Waals surface area contributed by atoms with Gasteiger partial charge in [0, 0.05) is 11.9 Å². The summed E-state index contributed by atoms with van der Waals surface area (Å²) in [6.07, 6.45) is 1.51. The molecule has 0 aliphatic rings.